The Bertz CT molecular complexity index is 767. The largest absolute Gasteiger partial charge is 0.457 e. The second-order valence-corrected chi connectivity index (χ2v) is 5.67. The van der Waals surface area contributed by atoms with Gasteiger partial charge < -0.3 is 4.74 Å². The van der Waals surface area contributed by atoms with Crippen LogP contribution >= 0.6 is 11.8 Å². The van der Waals surface area contributed by atoms with Gasteiger partial charge in [-0.15, -0.1) is 11.8 Å². The fraction of sp³-hybridized carbons (Fsp3) is 0.118. The van der Waals surface area contributed by atoms with E-state index < -0.39 is 17.6 Å². The summed E-state index contributed by atoms with van der Waals surface area (Å²) < 4.78 is 31.6. The molecule has 0 bridgehead atoms. The number of benzene rings is 2. The zero-order valence-electron chi connectivity index (χ0n) is 11.7. The van der Waals surface area contributed by atoms with Crippen LogP contribution in [0.15, 0.2) is 47.4 Å². The van der Waals surface area contributed by atoms with Crippen LogP contribution in [-0.2, 0) is 9.53 Å². The van der Waals surface area contributed by atoms with Crippen LogP contribution in [0, 0.1) is 11.6 Å². The third kappa shape index (κ3) is 2.64. The number of rotatable bonds is 3. The van der Waals surface area contributed by atoms with Gasteiger partial charge in [-0.2, -0.15) is 0 Å². The van der Waals surface area contributed by atoms with Crippen molar-refractivity contribution in [1.82, 2.24) is 0 Å². The van der Waals surface area contributed by atoms with Crippen molar-refractivity contribution >= 4 is 28.9 Å². The van der Waals surface area contributed by atoms with Gasteiger partial charge in [-0.25, -0.2) is 13.6 Å². The molecule has 1 heterocycles. The molecule has 1 aliphatic heterocycles. The molecule has 0 saturated carbocycles. The quantitative estimate of drug-likeness (QED) is 0.628. The molecule has 0 radical (unpaired) electrons. The van der Waals surface area contributed by atoms with Crippen LogP contribution in [-0.4, -0.2) is 18.8 Å². The molecule has 0 N–H and O–H groups in total. The van der Waals surface area contributed by atoms with Crippen molar-refractivity contribution < 1.29 is 18.3 Å². The van der Waals surface area contributed by atoms with Gasteiger partial charge in [-0.1, -0.05) is 18.2 Å². The van der Waals surface area contributed by atoms with Crippen molar-refractivity contribution in [2.24, 2.45) is 0 Å². The Kier molecular flexibility index (Phi) is 3.98. The highest BCUT2D eigenvalue weighted by Crippen LogP contribution is 2.34. The van der Waals surface area contributed by atoms with Crippen LogP contribution in [0.4, 0.5) is 8.78 Å². The molecule has 0 aliphatic carbocycles. The summed E-state index contributed by atoms with van der Waals surface area (Å²) >= 11 is 1.62. The van der Waals surface area contributed by atoms with E-state index in [2.05, 4.69) is 0 Å². The third-order valence-electron chi connectivity index (χ3n) is 3.50. The lowest BCUT2D eigenvalue weighted by Crippen LogP contribution is -1.99. The van der Waals surface area contributed by atoms with E-state index >= 15 is 0 Å². The predicted molar refractivity (Wildman–Crippen MR) is 82.4 cm³/mol. The lowest BCUT2D eigenvalue weighted by Gasteiger charge is -2.06. The average molecular weight is 318 g/mol. The number of cyclic esters (lactones) is 1. The zero-order valence-corrected chi connectivity index (χ0v) is 12.5. The van der Waals surface area contributed by atoms with E-state index in [1.807, 2.05) is 30.5 Å². The molecule has 112 valence electrons. The molecule has 1 aliphatic rings. The van der Waals surface area contributed by atoms with Gasteiger partial charge in [-0.3, -0.25) is 0 Å². The van der Waals surface area contributed by atoms with Gasteiger partial charge >= 0.3 is 5.97 Å². The van der Waals surface area contributed by atoms with Crippen molar-refractivity contribution in [1.29, 1.82) is 0 Å². The second-order valence-electron chi connectivity index (χ2n) is 4.79. The lowest BCUT2D eigenvalue weighted by molar-refractivity contribution is -0.133. The number of hydrogen-bond acceptors (Lipinski definition) is 3. The number of ether oxygens (including phenoxy) is 1. The monoisotopic (exact) mass is 318 g/mol. The first-order valence-electron chi connectivity index (χ1n) is 6.60. The lowest BCUT2D eigenvalue weighted by atomic mass is 9.96. The minimum absolute atomic E-state index is 0.131. The Morgan fingerprint density at radius 1 is 1.00 bits per heavy atom. The molecule has 2 aromatic carbocycles. The minimum atomic E-state index is -0.984. The SMILES string of the molecule is CSc1ccc(C2=C(c3ccc(F)c(F)c3)C(=O)OC2)cc1. The molecule has 22 heavy (non-hydrogen) atoms. The Morgan fingerprint density at radius 3 is 2.32 bits per heavy atom. The van der Waals surface area contributed by atoms with Crippen LogP contribution in [0.1, 0.15) is 11.1 Å². The van der Waals surface area contributed by atoms with Gasteiger partial charge in [0, 0.05) is 10.5 Å². The molecule has 0 unspecified atom stereocenters. The maximum Gasteiger partial charge on any atom is 0.339 e. The van der Waals surface area contributed by atoms with Crippen LogP contribution in [0.3, 0.4) is 0 Å². The van der Waals surface area contributed by atoms with Crippen molar-refractivity contribution in [2.75, 3.05) is 12.9 Å². The van der Waals surface area contributed by atoms with E-state index in [4.69, 9.17) is 4.74 Å². The Labute approximate surface area is 130 Å². The molecule has 3 rings (SSSR count). The maximum absolute atomic E-state index is 13.4. The van der Waals surface area contributed by atoms with Gasteiger partial charge in [0.2, 0.25) is 0 Å². The first-order chi connectivity index (χ1) is 10.6. The van der Waals surface area contributed by atoms with Crippen molar-refractivity contribution in [3.63, 3.8) is 0 Å². The van der Waals surface area contributed by atoms with E-state index in [0.717, 1.165) is 22.6 Å². The highest BCUT2D eigenvalue weighted by molar-refractivity contribution is 7.98. The first-order valence-corrected chi connectivity index (χ1v) is 7.82. The molecule has 0 saturated heterocycles. The van der Waals surface area contributed by atoms with Gasteiger partial charge in [0.25, 0.3) is 0 Å². The van der Waals surface area contributed by atoms with E-state index in [-0.39, 0.29) is 12.2 Å². The average Bonchev–Trinajstić information content (AvgIpc) is 2.92. The third-order valence-corrected chi connectivity index (χ3v) is 4.24. The van der Waals surface area contributed by atoms with Crippen LogP contribution in [0.2, 0.25) is 0 Å². The highest BCUT2D eigenvalue weighted by atomic mass is 32.2. The summed E-state index contributed by atoms with van der Waals surface area (Å²) in [5, 5.41) is 0. The normalized spacial score (nSPS) is 14.4. The molecule has 2 aromatic rings. The number of esters is 1. The summed E-state index contributed by atoms with van der Waals surface area (Å²) in [7, 11) is 0. The van der Waals surface area contributed by atoms with Crippen molar-refractivity contribution in [2.45, 2.75) is 4.90 Å². The van der Waals surface area contributed by atoms with Gasteiger partial charge in [0.1, 0.15) is 6.61 Å². The first kappa shape index (κ1) is 14.8. The van der Waals surface area contributed by atoms with Gasteiger partial charge in [0.05, 0.1) is 5.57 Å². The maximum atomic E-state index is 13.4. The molecule has 0 aromatic heterocycles. The molecule has 0 atom stereocenters. The summed E-state index contributed by atoms with van der Waals surface area (Å²) in [4.78, 5) is 13.1. The summed E-state index contributed by atoms with van der Waals surface area (Å²) in [5.74, 6) is -2.45. The smallest absolute Gasteiger partial charge is 0.339 e. The number of hydrogen-bond donors (Lipinski definition) is 0. The molecule has 2 nitrogen and oxygen atoms in total. The van der Waals surface area contributed by atoms with E-state index in [1.165, 1.54) is 6.07 Å². The summed E-state index contributed by atoms with van der Waals surface area (Å²) in [6.45, 7) is 0.131. The van der Waals surface area contributed by atoms with Crippen LogP contribution in [0.25, 0.3) is 11.1 Å². The zero-order chi connectivity index (χ0) is 15.7. The second kappa shape index (κ2) is 5.93. The predicted octanol–water partition coefficient (Wildman–Crippen LogP) is 4.15. The number of carbonyl (C=O) groups is 1. The highest BCUT2D eigenvalue weighted by Gasteiger charge is 2.27. The van der Waals surface area contributed by atoms with Gasteiger partial charge in [-0.05, 0) is 41.6 Å². The topological polar surface area (TPSA) is 26.3 Å². The summed E-state index contributed by atoms with van der Waals surface area (Å²) in [6, 6.07) is 11.1. The Balaban J connectivity index is 2.10. The Hall–Kier alpha value is -2.14. The Morgan fingerprint density at radius 2 is 1.68 bits per heavy atom. The molecular weight excluding hydrogens is 306 g/mol. The number of carbonyl (C=O) groups excluding carboxylic acids is 1. The van der Waals surface area contributed by atoms with Crippen molar-refractivity contribution in [3.8, 4) is 0 Å². The minimum Gasteiger partial charge on any atom is -0.457 e. The van der Waals surface area contributed by atoms with Crippen LogP contribution in [0.5, 0.6) is 0 Å². The molecule has 5 heteroatoms. The van der Waals surface area contributed by atoms with Crippen molar-refractivity contribution in [3.05, 3.63) is 65.2 Å². The fourth-order valence-corrected chi connectivity index (χ4v) is 2.78. The molecule has 0 amide bonds. The van der Waals surface area contributed by atoms with Gasteiger partial charge in [0.15, 0.2) is 11.6 Å². The van der Waals surface area contributed by atoms with E-state index in [0.29, 0.717) is 11.1 Å². The molecular formula is C17H12F2O2S. The number of thioether (sulfide) groups is 1. The van der Waals surface area contributed by atoms with Crippen LogP contribution < -0.4 is 0 Å². The number of halogens is 2. The summed E-state index contributed by atoms with van der Waals surface area (Å²) in [6.07, 6.45) is 1.98. The fourth-order valence-electron chi connectivity index (χ4n) is 2.37. The molecule has 0 spiro atoms. The summed E-state index contributed by atoms with van der Waals surface area (Å²) in [5.41, 5.74) is 2.13. The molecule has 0 fully saturated rings. The van der Waals surface area contributed by atoms with E-state index in [9.17, 15) is 13.6 Å². The standard InChI is InChI=1S/C17H12F2O2S/c1-22-12-5-2-10(3-6-12)13-9-21-17(20)16(13)11-4-7-14(18)15(19)8-11/h2-8H,9H2,1H3. The van der Waals surface area contributed by atoms with E-state index in [1.54, 1.807) is 11.8 Å².